The van der Waals surface area contributed by atoms with Gasteiger partial charge in [0.15, 0.2) is 5.96 Å². The number of carbonyl (C=O) groups excluding carboxylic acids is 1. The lowest BCUT2D eigenvalue weighted by Gasteiger charge is -2.21. The number of carbonyl (C=O) groups is 2. The van der Waals surface area contributed by atoms with Gasteiger partial charge in [-0.05, 0) is 43.9 Å². The Kier molecular flexibility index (Phi) is 9.37. The summed E-state index contributed by atoms with van der Waals surface area (Å²) in [6, 6.07) is 12.6. The molecule has 1 amide bonds. The summed E-state index contributed by atoms with van der Waals surface area (Å²) < 4.78 is 28.2. The van der Waals surface area contributed by atoms with Crippen LogP contribution in [0.1, 0.15) is 24.0 Å². The molecule has 7 N–H and O–H groups in total. The Balaban J connectivity index is 2.20. The SMILES string of the molecule is Cc1ccc(S(=O)(=O)N[C@@H](Cc2ccccc2)C(=O)N[C@H](CCCN=C(N)N)C(=O)O)cc1. The lowest BCUT2D eigenvalue weighted by molar-refractivity contribution is -0.142. The van der Waals surface area contributed by atoms with E-state index in [2.05, 4.69) is 15.0 Å². The van der Waals surface area contributed by atoms with Gasteiger partial charge in [-0.25, -0.2) is 13.2 Å². The maximum absolute atomic E-state index is 13.0. The van der Waals surface area contributed by atoms with E-state index in [4.69, 9.17) is 11.5 Å². The minimum absolute atomic E-state index is 0.00554. The van der Waals surface area contributed by atoms with Crippen molar-refractivity contribution in [1.29, 1.82) is 0 Å². The Hall–Kier alpha value is -3.44. The summed E-state index contributed by atoms with van der Waals surface area (Å²) in [5.41, 5.74) is 12.1. The number of hydrogen-bond donors (Lipinski definition) is 5. The molecular formula is C22H29N5O5S. The molecule has 10 nitrogen and oxygen atoms in total. The lowest BCUT2D eigenvalue weighted by atomic mass is 10.1. The van der Waals surface area contributed by atoms with E-state index < -0.39 is 34.0 Å². The first-order valence-electron chi connectivity index (χ1n) is 10.3. The van der Waals surface area contributed by atoms with E-state index in [1.54, 1.807) is 42.5 Å². The van der Waals surface area contributed by atoms with Crippen LogP contribution in [0.3, 0.4) is 0 Å². The molecule has 0 saturated heterocycles. The molecule has 0 spiro atoms. The molecule has 0 radical (unpaired) electrons. The fraction of sp³-hybridized carbons (Fsp3) is 0.318. The van der Waals surface area contributed by atoms with Crippen LogP contribution < -0.4 is 21.5 Å². The summed E-state index contributed by atoms with van der Waals surface area (Å²) in [4.78, 5) is 28.4. The van der Waals surface area contributed by atoms with Gasteiger partial charge in [0.05, 0.1) is 4.90 Å². The average Bonchev–Trinajstić information content (AvgIpc) is 2.75. The zero-order valence-electron chi connectivity index (χ0n) is 18.3. The molecule has 0 saturated carbocycles. The second-order valence-corrected chi connectivity index (χ2v) is 9.24. The number of carboxylic acid groups (broad SMARTS) is 1. The number of guanidine groups is 1. The number of aryl methyl sites for hydroxylation is 1. The molecule has 2 atom stereocenters. The predicted octanol–water partition coefficient (Wildman–Crippen LogP) is 0.508. The number of rotatable bonds is 12. The number of nitrogens with two attached hydrogens (primary N) is 2. The van der Waals surface area contributed by atoms with E-state index >= 15 is 0 Å². The summed E-state index contributed by atoms with van der Waals surface area (Å²) in [5, 5.41) is 11.9. The van der Waals surface area contributed by atoms with Crippen LogP contribution in [0.2, 0.25) is 0 Å². The van der Waals surface area contributed by atoms with Crippen LogP contribution in [0, 0.1) is 6.92 Å². The normalized spacial score (nSPS) is 13.0. The Morgan fingerprint density at radius 3 is 2.24 bits per heavy atom. The molecule has 0 aliphatic carbocycles. The third kappa shape index (κ3) is 8.54. The highest BCUT2D eigenvalue weighted by Gasteiger charge is 2.29. The van der Waals surface area contributed by atoms with Crippen molar-refractivity contribution in [2.24, 2.45) is 16.5 Å². The standard InChI is InChI=1S/C22H29N5O5S/c1-15-9-11-17(12-10-15)33(31,32)27-19(14-16-6-3-2-4-7-16)20(28)26-18(21(29)30)8-5-13-25-22(23)24/h2-4,6-7,9-12,18-19,27H,5,8,13-14H2,1H3,(H,26,28)(H,29,30)(H4,23,24,25)/t18-,19+/m1/s1. The molecule has 2 rings (SSSR count). The lowest BCUT2D eigenvalue weighted by Crippen LogP contribution is -2.52. The van der Waals surface area contributed by atoms with Crippen molar-refractivity contribution in [2.45, 2.75) is 43.2 Å². The van der Waals surface area contributed by atoms with Crippen molar-refractivity contribution in [2.75, 3.05) is 6.54 Å². The molecule has 0 bridgehead atoms. The predicted molar refractivity (Wildman–Crippen MR) is 125 cm³/mol. The molecule has 178 valence electrons. The van der Waals surface area contributed by atoms with E-state index in [-0.39, 0.29) is 30.2 Å². The number of benzene rings is 2. The van der Waals surface area contributed by atoms with E-state index in [1.165, 1.54) is 12.1 Å². The van der Waals surface area contributed by atoms with Gasteiger partial charge in [0.25, 0.3) is 0 Å². The first-order chi connectivity index (χ1) is 15.6. The summed E-state index contributed by atoms with van der Waals surface area (Å²) in [6.07, 6.45) is 0.423. The van der Waals surface area contributed by atoms with Gasteiger partial charge < -0.3 is 21.9 Å². The highest BCUT2D eigenvalue weighted by Crippen LogP contribution is 2.13. The Morgan fingerprint density at radius 2 is 1.67 bits per heavy atom. The fourth-order valence-corrected chi connectivity index (χ4v) is 4.24. The quantitative estimate of drug-likeness (QED) is 0.169. The number of sulfonamides is 1. The van der Waals surface area contributed by atoms with Crippen molar-refractivity contribution in [3.8, 4) is 0 Å². The van der Waals surface area contributed by atoms with E-state index in [9.17, 15) is 23.1 Å². The van der Waals surface area contributed by atoms with Crippen molar-refractivity contribution in [1.82, 2.24) is 10.0 Å². The maximum atomic E-state index is 13.0. The monoisotopic (exact) mass is 475 g/mol. The van der Waals surface area contributed by atoms with Crippen LogP contribution in [-0.2, 0) is 26.0 Å². The molecular weight excluding hydrogens is 446 g/mol. The molecule has 0 aliphatic rings. The van der Waals surface area contributed by atoms with Crippen molar-refractivity contribution < 1.29 is 23.1 Å². The second kappa shape index (κ2) is 12.0. The minimum atomic E-state index is -4.03. The van der Waals surface area contributed by atoms with Gasteiger partial charge in [-0.2, -0.15) is 4.72 Å². The Bertz CT molecular complexity index is 1070. The number of aliphatic carboxylic acids is 1. The van der Waals surface area contributed by atoms with Gasteiger partial charge in [-0.1, -0.05) is 48.0 Å². The topological polar surface area (TPSA) is 177 Å². The van der Waals surface area contributed by atoms with Gasteiger partial charge in [0.1, 0.15) is 12.1 Å². The third-order valence-electron chi connectivity index (χ3n) is 4.79. The zero-order chi connectivity index (χ0) is 24.4. The van der Waals surface area contributed by atoms with Gasteiger partial charge in [-0.3, -0.25) is 9.79 Å². The number of nitrogens with one attached hydrogen (secondary N) is 2. The van der Waals surface area contributed by atoms with Crippen molar-refractivity contribution >= 4 is 27.9 Å². The highest BCUT2D eigenvalue weighted by atomic mass is 32.2. The molecule has 2 aromatic rings. The average molecular weight is 476 g/mol. The number of amides is 1. The molecule has 0 aromatic heterocycles. The number of hydrogen-bond acceptors (Lipinski definition) is 5. The summed E-state index contributed by atoms with van der Waals surface area (Å²) in [5.74, 6) is -2.10. The second-order valence-electron chi connectivity index (χ2n) is 7.52. The first-order valence-corrected chi connectivity index (χ1v) is 11.8. The summed E-state index contributed by atoms with van der Waals surface area (Å²) in [6.45, 7) is 2.03. The number of aliphatic imine (C=N–C) groups is 1. The smallest absolute Gasteiger partial charge is 0.326 e. The van der Waals surface area contributed by atoms with Crippen LogP contribution in [0.5, 0.6) is 0 Å². The molecule has 33 heavy (non-hydrogen) atoms. The molecule has 0 fully saturated rings. The third-order valence-corrected chi connectivity index (χ3v) is 6.28. The van der Waals surface area contributed by atoms with E-state index in [0.717, 1.165) is 5.56 Å². The molecule has 0 aliphatic heterocycles. The zero-order valence-corrected chi connectivity index (χ0v) is 19.1. The van der Waals surface area contributed by atoms with Crippen LogP contribution in [0.15, 0.2) is 64.5 Å². The van der Waals surface area contributed by atoms with Gasteiger partial charge >= 0.3 is 5.97 Å². The van der Waals surface area contributed by atoms with Gasteiger partial charge in [0.2, 0.25) is 15.9 Å². The first kappa shape index (κ1) is 25.8. The molecule has 2 aromatic carbocycles. The number of nitrogens with zero attached hydrogens (tertiary/aromatic N) is 1. The van der Waals surface area contributed by atoms with E-state index in [1.807, 2.05) is 6.92 Å². The fourth-order valence-electron chi connectivity index (χ4n) is 3.04. The maximum Gasteiger partial charge on any atom is 0.326 e. The summed E-state index contributed by atoms with van der Waals surface area (Å²) >= 11 is 0. The minimum Gasteiger partial charge on any atom is -0.480 e. The van der Waals surface area contributed by atoms with Crippen LogP contribution in [0.25, 0.3) is 0 Å². The van der Waals surface area contributed by atoms with Gasteiger partial charge in [-0.15, -0.1) is 0 Å². The van der Waals surface area contributed by atoms with Gasteiger partial charge in [0, 0.05) is 6.54 Å². The molecule has 0 unspecified atom stereocenters. The summed E-state index contributed by atoms with van der Waals surface area (Å²) in [7, 11) is -4.03. The number of carboxylic acids is 1. The van der Waals surface area contributed by atoms with Crippen molar-refractivity contribution in [3.05, 3.63) is 65.7 Å². The van der Waals surface area contributed by atoms with Crippen molar-refractivity contribution in [3.63, 3.8) is 0 Å². The van der Waals surface area contributed by atoms with Crippen LogP contribution in [0.4, 0.5) is 0 Å². The molecule has 0 heterocycles. The molecule has 11 heteroatoms. The Morgan fingerprint density at radius 1 is 1.03 bits per heavy atom. The highest BCUT2D eigenvalue weighted by molar-refractivity contribution is 7.89. The largest absolute Gasteiger partial charge is 0.480 e. The Labute approximate surface area is 193 Å². The van der Waals surface area contributed by atoms with Crippen LogP contribution >= 0.6 is 0 Å². The van der Waals surface area contributed by atoms with E-state index in [0.29, 0.717) is 12.0 Å². The van der Waals surface area contributed by atoms with Crippen LogP contribution in [-0.4, -0.2) is 50.0 Å².